The zero-order valence-corrected chi connectivity index (χ0v) is 14.0. The van der Waals surface area contributed by atoms with Crippen LogP contribution in [-0.4, -0.2) is 29.5 Å². The zero-order chi connectivity index (χ0) is 17.6. The van der Waals surface area contributed by atoms with Crippen molar-refractivity contribution in [2.75, 3.05) is 7.05 Å². The Hall–Kier alpha value is -2.87. The second kappa shape index (κ2) is 7.80. The van der Waals surface area contributed by atoms with Crippen LogP contribution in [0.4, 0.5) is 8.78 Å². The van der Waals surface area contributed by atoms with Gasteiger partial charge in [-0.2, -0.15) is 13.9 Å². The Morgan fingerprint density at radius 2 is 2.00 bits per heavy atom. The monoisotopic (exact) mass is 360 g/mol. The number of alkyl halides is 2. The lowest BCUT2D eigenvalue weighted by Gasteiger charge is -2.06. The summed E-state index contributed by atoms with van der Waals surface area (Å²) in [5.74, 6) is 0.109. The Labute approximate surface area is 146 Å². The Balaban J connectivity index is 1.95. The highest BCUT2D eigenvalue weighted by Gasteiger charge is 2.09. The molecule has 0 aliphatic rings. The van der Waals surface area contributed by atoms with Crippen LogP contribution in [0.2, 0.25) is 0 Å². The number of hydrogen-bond acceptors (Lipinski definition) is 5. The highest BCUT2D eigenvalue weighted by atomic mass is 32.1. The van der Waals surface area contributed by atoms with Crippen LogP contribution in [0.1, 0.15) is 5.69 Å². The first-order valence-corrected chi connectivity index (χ1v) is 8.19. The first-order valence-electron chi connectivity index (χ1n) is 7.31. The van der Waals surface area contributed by atoms with E-state index in [1.807, 2.05) is 23.6 Å². The molecule has 3 rings (SSSR count). The molecule has 2 aromatic heterocycles. The lowest BCUT2D eigenvalue weighted by atomic mass is 10.2. The summed E-state index contributed by atoms with van der Waals surface area (Å²) in [6, 6.07) is 11.9. The Bertz CT molecular complexity index is 918. The molecule has 0 fully saturated rings. The van der Waals surface area contributed by atoms with Gasteiger partial charge >= 0.3 is 6.61 Å². The van der Waals surface area contributed by atoms with Crippen molar-refractivity contribution in [2.45, 2.75) is 6.61 Å². The van der Waals surface area contributed by atoms with Crippen LogP contribution < -0.4 is 9.54 Å². The van der Waals surface area contributed by atoms with Gasteiger partial charge in [0.25, 0.3) is 0 Å². The molecule has 0 aliphatic carbocycles. The van der Waals surface area contributed by atoms with E-state index in [-0.39, 0.29) is 5.75 Å². The predicted molar refractivity (Wildman–Crippen MR) is 93.1 cm³/mol. The van der Waals surface area contributed by atoms with Gasteiger partial charge in [0.1, 0.15) is 5.75 Å². The highest BCUT2D eigenvalue weighted by Crippen LogP contribution is 2.24. The number of benzene rings is 1. The summed E-state index contributed by atoms with van der Waals surface area (Å²) in [5.41, 5.74) is 2.32. The summed E-state index contributed by atoms with van der Waals surface area (Å²) in [5, 5.41) is 6.35. The van der Waals surface area contributed by atoms with Gasteiger partial charge in [0.2, 0.25) is 4.80 Å². The van der Waals surface area contributed by atoms with Crippen LogP contribution in [0.15, 0.2) is 64.1 Å². The topological polar surface area (TPSA) is 51.8 Å². The molecule has 0 atom stereocenters. The maximum absolute atomic E-state index is 12.3. The fourth-order valence-corrected chi connectivity index (χ4v) is 2.94. The lowest BCUT2D eigenvalue weighted by Crippen LogP contribution is -2.11. The molecule has 2 heterocycles. The lowest BCUT2D eigenvalue weighted by molar-refractivity contribution is -0.0498. The molecule has 0 radical (unpaired) electrons. The molecular formula is C17H14F2N4OS. The quantitative estimate of drug-likeness (QED) is 0.653. The number of thiazole rings is 1. The van der Waals surface area contributed by atoms with Crippen LogP contribution in [0.25, 0.3) is 11.3 Å². The van der Waals surface area contributed by atoms with Gasteiger partial charge < -0.3 is 4.74 Å². The maximum atomic E-state index is 12.3. The number of halogens is 2. The molecule has 5 nitrogen and oxygen atoms in total. The number of ether oxygens (including phenoxy) is 1. The summed E-state index contributed by atoms with van der Waals surface area (Å²) < 4.78 is 30.6. The van der Waals surface area contributed by atoms with Crippen LogP contribution >= 0.6 is 11.3 Å². The Morgan fingerprint density at radius 1 is 1.20 bits per heavy atom. The fourth-order valence-electron chi connectivity index (χ4n) is 2.14. The van der Waals surface area contributed by atoms with Crippen molar-refractivity contribution in [2.24, 2.45) is 10.1 Å². The van der Waals surface area contributed by atoms with E-state index in [9.17, 15) is 8.78 Å². The summed E-state index contributed by atoms with van der Waals surface area (Å²) in [6.45, 7) is -2.84. The summed E-state index contributed by atoms with van der Waals surface area (Å²) >= 11 is 1.43. The number of aromatic nitrogens is 2. The number of hydrogen-bond donors (Lipinski definition) is 0. The van der Waals surface area contributed by atoms with Gasteiger partial charge in [-0.05, 0) is 36.4 Å². The van der Waals surface area contributed by atoms with Crippen LogP contribution in [0, 0.1) is 0 Å². The number of nitrogens with zero attached hydrogens (tertiary/aromatic N) is 4. The van der Waals surface area contributed by atoms with Crippen molar-refractivity contribution in [3.8, 4) is 17.0 Å². The minimum Gasteiger partial charge on any atom is -0.435 e. The molecule has 128 valence electrons. The van der Waals surface area contributed by atoms with Gasteiger partial charge in [-0.1, -0.05) is 6.07 Å². The van der Waals surface area contributed by atoms with E-state index in [1.165, 1.54) is 23.5 Å². The standard InChI is InChI=1S/C17H14F2N4OS/c1-20-17-23(22-10-13-4-2-3-9-21-13)15(11-25-17)12-5-7-14(8-6-12)24-16(18)19/h2-11,16H,1H3/b20-17?,22-10+. The average Bonchev–Trinajstić information content (AvgIpc) is 3.04. The molecule has 25 heavy (non-hydrogen) atoms. The van der Waals surface area contributed by atoms with Crippen LogP contribution in [-0.2, 0) is 0 Å². The van der Waals surface area contributed by atoms with E-state index in [1.54, 1.807) is 36.3 Å². The third-order valence-electron chi connectivity index (χ3n) is 3.25. The molecule has 0 amide bonds. The molecule has 0 aliphatic heterocycles. The summed E-state index contributed by atoms with van der Waals surface area (Å²) in [6.07, 6.45) is 3.33. The predicted octanol–water partition coefficient (Wildman–Crippen LogP) is 3.63. The molecule has 8 heteroatoms. The van der Waals surface area contributed by atoms with E-state index in [0.717, 1.165) is 17.0 Å². The van der Waals surface area contributed by atoms with Gasteiger partial charge in [-0.25, -0.2) is 4.68 Å². The van der Waals surface area contributed by atoms with Crippen molar-refractivity contribution in [3.63, 3.8) is 0 Å². The molecule has 0 N–H and O–H groups in total. The highest BCUT2D eigenvalue weighted by molar-refractivity contribution is 7.07. The Morgan fingerprint density at radius 3 is 2.64 bits per heavy atom. The molecular weight excluding hydrogens is 346 g/mol. The molecule has 0 saturated carbocycles. The minimum atomic E-state index is -2.84. The summed E-state index contributed by atoms with van der Waals surface area (Å²) in [4.78, 5) is 9.11. The maximum Gasteiger partial charge on any atom is 0.387 e. The second-order valence-electron chi connectivity index (χ2n) is 4.84. The number of pyridine rings is 1. The smallest absolute Gasteiger partial charge is 0.387 e. The second-order valence-corrected chi connectivity index (χ2v) is 5.68. The van der Waals surface area contributed by atoms with Gasteiger partial charge in [0, 0.05) is 24.2 Å². The third-order valence-corrected chi connectivity index (χ3v) is 4.15. The fraction of sp³-hybridized carbons (Fsp3) is 0.118. The van der Waals surface area contributed by atoms with Gasteiger partial charge in [0.05, 0.1) is 17.6 Å². The normalized spacial score (nSPS) is 12.2. The van der Waals surface area contributed by atoms with E-state index in [2.05, 4.69) is 19.8 Å². The molecule has 0 unspecified atom stereocenters. The van der Waals surface area contributed by atoms with Crippen molar-refractivity contribution >= 4 is 17.6 Å². The molecule has 1 aromatic carbocycles. The van der Waals surface area contributed by atoms with Crippen LogP contribution in [0.3, 0.4) is 0 Å². The van der Waals surface area contributed by atoms with E-state index < -0.39 is 6.61 Å². The summed E-state index contributed by atoms with van der Waals surface area (Å²) in [7, 11) is 1.68. The van der Waals surface area contributed by atoms with Crippen molar-refractivity contribution in [1.29, 1.82) is 0 Å². The first kappa shape index (κ1) is 17.0. The Kier molecular flexibility index (Phi) is 5.30. The van der Waals surface area contributed by atoms with Gasteiger partial charge in [-0.3, -0.25) is 9.98 Å². The molecule has 0 spiro atoms. The SMILES string of the molecule is CN=c1scc(-c2ccc(OC(F)F)cc2)n1/N=C/c1ccccn1. The minimum absolute atomic E-state index is 0.109. The van der Waals surface area contributed by atoms with Gasteiger partial charge in [-0.15, -0.1) is 11.3 Å². The van der Waals surface area contributed by atoms with Gasteiger partial charge in [0.15, 0.2) is 0 Å². The van der Waals surface area contributed by atoms with Crippen molar-refractivity contribution < 1.29 is 13.5 Å². The largest absolute Gasteiger partial charge is 0.435 e. The first-order chi connectivity index (χ1) is 12.2. The van der Waals surface area contributed by atoms with E-state index in [4.69, 9.17) is 0 Å². The van der Waals surface area contributed by atoms with E-state index >= 15 is 0 Å². The van der Waals surface area contributed by atoms with Crippen molar-refractivity contribution in [3.05, 3.63) is 64.5 Å². The van der Waals surface area contributed by atoms with Crippen molar-refractivity contribution in [1.82, 2.24) is 9.66 Å². The van der Waals surface area contributed by atoms with Crippen LogP contribution in [0.5, 0.6) is 5.75 Å². The molecule has 0 bridgehead atoms. The third kappa shape index (κ3) is 4.16. The zero-order valence-electron chi connectivity index (χ0n) is 13.2. The van der Waals surface area contributed by atoms with E-state index in [0.29, 0.717) is 4.80 Å². The molecule has 3 aromatic rings. The number of rotatable bonds is 5. The molecule has 0 saturated heterocycles. The average molecular weight is 360 g/mol.